The molecule has 0 N–H and O–H groups in total. The van der Waals surface area contributed by atoms with Gasteiger partial charge in [-0.1, -0.05) is 24.6 Å². The van der Waals surface area contributed by atoms with Gasteiger partial charge < -0.3 is 4.74 Å². The molecule has 0 aliphatic carbocycles. The second-order valence-corrected chi connectivity index (χ2v) is 5.46. The Balaban J connectivity index is 2.26. The fourth-order valence-electron chi connectivity index (χ4n) is 2.16. The molecule has 0 radical (unpaired) electrons. The molecule has 1 aromatic carbocycles. The van der Waals surface area contributed by atoms with Crippen LogP contribution in [0.1, 0.15) is 33.3 Å². The molecule has 3 heteroatoms. The van der Waals surface area contributed by atoms with E-state index in [1.165, 1.54) is 11.3 Å². The van der Waals surface area contributed by atoms with Crippen LogP contribution in [0.3, 0.4) is 0 Å². The van der Waals surface area contributed by atoms with Crippen LogP contribution in [0.2, 0.25) is 0 Å². The quantitative estimate of drug-likeness (QED) is 0.769. The van der Waals surface area contributed by atoms with Gasteiger partial charge in [-0.05, 0) is 36.4 Å². The Morgan fingerprint density at radius 3 is 2.74 bits per heavy atom. The van der Waals surface area contributed by atoms with Gasteiger partial charge in [-0.3, -0.25) is 4.79 Å². The van der Waals surface area contributed by atoms with Crippen molar-refractivity contribution in [2.45, 2.75) is 26.7 Å². The second kappa shape index (κ2) is 6.02. The summed E-state index contributed by atoms with van der Waals surface area (Å²) in [4.78, 5) is 13.3. The average Bonchev–Trinajstić information content (AvgIpc) is 2.87. The van der Waals surface area contributed by atoms with E-state index in [9.17, 15) is 4.79 Å². The van der Waals surface area contributed by atoms with Crippen molar-refractivity contribution < 1.29 is 9.53 Å². The first-order valence-electron chi connectivity index (χ1n) is 6.38. The van der Waals surface area contributed by atoms with Gasteiger partial charge in [0.1, 0.15) is 5.75 Å². The summed E-state index contributed by atoms with van der Waals surface area (Å²) in [5, 5.41) is 1.99. The van der Waals surface area contributed by atoms with Gasteiger partial charge in [0, 0.05) is 12.0 Å². The summed E-state index contributed by atoms with van der Waals surface area (Å²) in [6.07, 6.45) is 1.30. The van der Waals surface area contributed by atoms with Crippen LogP contribution in [0.25, 0.3) is 0 Å². The molecule has 2 rings (SSSR count). The number of methoxy groups -OCH3 is 1. The van der Waals surface area contributed by atoms with E-state index in [4.69, 9.17) is 4.74 Å². The van der Waals surface area contributed by atoms with Crippen LogP contribution in [0.5, 0.6) is 5.75 Å². The SMILES string of the molecule is CCc1ccsc1C(=O)Cc1cc(C)ccc1OC. The van der Waals surface area contributed by atoms with Crippen LogP contribution >= 0.6 is 11.3 Å². The number of carbonyl (C=O) groups is 1. The molecule has 0 unspecified atom stereocenters. The van der Waals surface area contributed by atoms with Gasteiger partial charge in [0.25, 0.3) is 0 Å². The lowest BCUT2D eigenvalue weighted by Gasteiger charge is -2.09. The van der Waals surface area contributed by atoms with Crippen molar-refractivity contribution in [3.63, 3.8) is 0 Å². The van der Waals surface area contributed by atoms with Gasteiger partial charge >= 0.3 is 0 Å². The van der Waals surface area contributed by atoms with Crippen molar-refractivity contribution in [2.24, 2.45) is 0 Å². The summed E-state index contributed by atoms with van der Waals surface area (Å²) in [6, 6.07) is 7.98. The monoisotopic (exact) mass is 274 g/mol. The first-order chi connectivity index (χ1) is 9.15. The minimum Gasteiger partial charge on any atom is -0.496 e. The minimum absolute atomic E-state index is 0.177. The fourth-order valence-corrected chi connectivity index (χ4v) is 3.09. The van der Waals surface area contributed by atoms with Gasteiger partial charge in [0.05, 0.1) is 12.0 Å². The maximum atomic E-state index is 12.4. The molecule has 0 saturated carbocycles. The lowest BCUT2D eigenvalue weighted by atomic mass is 10.0. The van der Waals surface area contributed by atoms with Crippen LogP contribution in [-0.4, -0.2) is 12.9 Å². The highest BCUT2D eigenvalue weighted by atomic mass is 32.1. The van der Waals surface area contributed by atoms with E-state index in [2.05, 4.69) is 6.92 Å². The van der Waals surface area contributed by atoms with Gasteiger partial charge in [-0.2, -0.15) is 0 Å². The highest BCUT2D eigenvalue weighted by Crippen LogP contribution is 2.24. The van der Waals surface area contributed by atoms with E-state index in [-0.39, 0.29) is 5.78 Å². The van der Waals surface area contributed by atoms with E-state index in [1.807, 2.05) is 36.6 Å². The Morgan fingerprint density at radius 1 is 1.26 bits per heavy atom. The van der Waals surface area contributed by atoms with E-state index < -0.39 is 0 Å². The van der Waals surface area contributed by atoms with Gasteiger partial charge in [0.15, 0.2) is 5.78 Å². The first-order valence-corrected chi connectivity index (χ1v) is 7.26. The van der Waals surface area contributed by atoms with Crippen molar-refractivity contribution in [1.82, 2.24) is 0 Å². The number of hydrogen-bond donors (Lipinski definition) is 0. The van der Waals surface area contributed by atoms with Crippen LogP contribution in [0.4, 0.5) is 0 Å². The van der Waals surface area contributed by atoms with Crippen molar-refractivity contribution in [1.29, 1.82) is 0 Å². The molecule has 0 fully saturated rings. The predicted octanol–water partition coefficient (Wildman–Crippen LogP) is 4.05. The zero-order valence-corrected chi connectivity index (χ0v) is 12.3. The second-order valence-electron chi connectivity index (χ2n) is 4.54. The number of aryl methyl sites for hydroxylation is 2. The molecule has 2 aromatic rings. The molecule has 0 spiro atoms. The number of carbonyl (C=O) groups excluding carboxylic acids is 1. The van der Waals surface area contributed by atoms with Crippen LogP contribution in [0.15, 0.2) is 29.6 Å². The third-order valence-corrected chi connectivity index (χ3v) is 4.17. The summed E-state index contributed by atoms with van der Waals surface area (Å²) in [7, 11) is 1.64. The molecule has 19 heavy (non-hydrogen) atoms. The van der Waals surface area contributed by atoms with Crippen LogP contribution < -0.4 is 4.74 Å². The van der Waals surface area contributed by atoms with Crippen LogP contribution in [0, 0.1) is 6.92 Å². The lowest BCUT2D eigenvalue weighted by Crippen LogP contribution is -2.05. The molecule has 0 amide bonds. The maximum Gasteiger partial charge on any atom is 0.177 e. The number of ether oxygens (including phenoxy) is 1. The molecule has 0 bridgehead atoms. The third kappa shape index (κ3) is 3.04. The topological polar surface area (TPSA) is 26.3 Å². The summed E-state index contributed by atoms with van der Waals surface area (Å²) in [6.45, 7) is 4.10. The molecule has 1 heterocycles. The fraction of sp³-hybridized carbons (Fsp3) is 0.312. The molecule has 0 atom stereocenters. The molecule has 0 aliphatic rings. The molecule has 0 saturated heterocycles. The Kier molecular flexibility index (Phi) is 4.38. The summed E-state index contributed by atoms with van der Waals surface area (Å²) in [5.41, 5.74) is 3.25. The largest absolute Gasteiger partial charge is 0.496 e. The number of Topliss-reactive ketones (excluding diaryl/α,β-unsaturated/α-hetero) is 1. The van der Waals surface area contributed by atoms with E-state index in [0.717, 1.165) is 33.7 Å². The number of ketones is 1. The van der Waals surface area contributed by atoms with E-state index in [1.54, 1.807) is 7.11 Å². The van der Waals surface area contributed by atoms with Crippen molar-refractivity contribution in [3.8, 4) is 5.75 Å². The predicted molar refractivity (Wildman–Crippen MR) is 79.5 cm³/mol. The number of hydrogen-bond acceptors (Lipinski definition) is 3. The molecule has 0 aliphatic heterocycles. The number of rotatable bonds is 5. The highest BCUT2D eigenvalue weighted by molar-refractivity contribution is 7.12. The van der Waals surface area contributed by atoms with E-state index in [0.29, 0.717) is 6.42 Å². The summed E-state index contributed by atoms with van der Waals surface area (Å²) >= 11 is 1.53. The first kappa shape index (κ1) is 13.8. The zero-order valence-electron chi connectivity index (χ0n) is 11.5. The van der Waals surface area contributed by atoms with Crippen molar-refractivity contribution >= 4 is 17.1 Å². The molecular formula is C16H18O2S. The molecule has 1 aromatic heterocycles. The van der Waals surface area contributed by atoms with Gasteiger partial charge in [-0.25, -0.2) is 0 Å². The lowest BCUT2D eigenvalue weighted by molar-refractivity contribution is 0.0995. The maximum absolute atomic E-state index is 12.4. The minimum atomic E-state index is 0.177. The van der Waals surface area contributed by atoms with Crippen LogP contribution in [-0.2, 0) is 12.8 Å². The highest BCUT2D eigenvalue weighted by Gasteiger charge is 2.15. The van der Waals surface area contributed by atoms with Crippen molar-refractivity contribution in [2.75, 3.05) is 7.11 Å². The Hall–Kier alpha value is -1.61. The van der Waals surface area contributed by atoms with Gasteiger partial charge in [-0.15, -0.1) is 11.3 Å². The third-order valence-electron chi connectivity index (χ3n) is 3.17. The number of benzene rings is 1. The molecule has 100 valence electrons. The molecule has 2 nitrogen and oxygen atoms in total. The van der Waals surface area contributed by atoms with Gasteiger partial charge in [0.2, 0.25) is 0 Å². The molecular weight excluding hydrogens is 256 g/mol. The summed E-state index contributed by atoms with van der Waals surface area (Å²) < 4.78 is 5.33. The smallest absolute Gasteiger partial charge is 0.177 e. The standard InChI is InChI=1S/C16H18O2S/c1-4-12-7-8-19-16(12)14(17)10-13-9-11(2)5-6-15(13)18-3/h5-9H,4,10H2,1-3H3. The summed E-state index contributed by atoms with van der Waals surface area (Å²) in [5.74, 6) is 0.962. The number of thiophene rings is 1. The zero-order chi connectivity index (χ0) is 13.8. The Labute approximate surface area is 118 Å². The van der Waals surface area contributed by atoms with E-state index >= 15 is 0 Å². The average molecular weight is 274 g/mol. The Bertz CT molecular complexity index is 584. The van der Waals surface area contributed by atoms with Crippen molar-refractivity contribution in [3.05, 3.63) is 51.2 Å². The normalized spacial score (nSPS) is 10.5. The Morgan fingerprint density at radius 2 is 2.05 bits per heavy atom.